The summed E-state index contributed by atoms with van der Waals surface area (Å²) in [5, 5.41) is 0.423. The topological polar surface area (TPSA) is 90.4 Å². The molecule has 2 N–H and O–H groups in total. The van der Waals surface area contributed by atoms with Crippen molar-refractivity contribution in [3.63, 3.8) is 0 Å². The predicted molar refractivity (Wildman–Crippen MR) is 103 cm³/mol. The fourth-order valence-electron chi connectivity index (χ4n) is 3.07. The number of methoxy groups -OCH3 is 1. The molecule has 7 nitrogen and oxygen atoms in total. The van der Waals surface area contributed by atoms with Crippen molar-refractivity contribution in [1.29, 1.82) is 0 Å². The maximum absolute atomic E-state index is 13.9. The fraction of sp³-hybridized carbons (Fsp3) is 0.250. The second-order valence-corrected chi connectivity index (χ2v) is 6.54. The van der Waals surface area contributed by atoms with Crippen LogP contribution in [-0.4, -0.2) is 34.5 Å². The Morgan fingerprint density at radius 2 is 2.00 bits per heavy atom. The Bertz CT molecular complexity index is 1080. The number of fused-ring (bicyclic) bond motifs is 1. The van der Waals surface area contributed by atoms with E-state index in [2.05, 4.69) is 4.98 Å². The molecule has 0 aliphatic rings. The molecule has 1 amide bonds. The van der Waals surface area contributed by atoms with Crippen molar-refractivity contribution >= 4 is 16.8 Å². The number of aromatic nitrogens is 2. The van der Waals surface area contributed by atoms with Gasteiger partial charge in [-0.25, -0.2) is 9.37 Å². The van der Waals surface area contributed by atoms with Gasteiger partial charge in [-0.2, -0.15) is 0 Å². The maximum Gasteiger partial charge on any atom is 0.261 e. The molecule has 3 rings (SSSR count). The molecule has 0 aliphatic heterocycles. The first kappa shape index (κ1) is 19.5. The summed E-state index contributed by atoms with van der Waals surface area (Å²) < 4.78 is 20.1. The minimum absolute atomic E-state index is 0.179. The Hall–Kier alpha value is -3.26. The SMILES string of the molecule is COc1ccc(CN(C)Cc2nc3ccccc3c(=O)n2CC(N)=O)cc1F. The standard InChI is InChI=1S/C20H21FN4O3/c1-24(10-13-7-8-17(28-2)15(21)9-13)12-19-23-16-6-4-3-5-14(16)20(27)25(19)11-18(22)26/h3-9H,10-12H2,1-2H3,(H2,22,26). The highest BCUT2D eigenvalue weighted by Crippen LogP contribution is 2.19. The molecule has 0 saturated carbocycles. The number of rotatable bonds is 7. The summed E-state index contributed by atoms with van der Waals surface area (Å²) >= 11 is 0. The van der Waals surface area contributed by atoms with Gasteiger partial charge in [0.25, 0.3) is 5.56 Å². The summed E-state index contributed by atoms with van der Waals surface area (Å²) in [5.41, 5.74) is 6.28. The lowest BCUT2D eigenvalue weighted by Crippen LogP contribution is -2.33. The van der Waals surface area contributed by atoms with E-state index in [0.717, 1.165) is 5.56 Å². The molecule has 8 heteroatoms. The zero-order valence-electron chi connectivity index (χ0n) is 15.7. The summed E-state index contributed by atoms with van der Waals surface area (Å²) in [7, 11) is 3.23. The summed E-state index contributed by atoms with van der Waals surface area (Å²) in [6.45, 7) is 0.443. The third-order valence-electron chi connectivity index (χ3n) is 4.33. The number of hydrogen-bond donors (Lipinski definition) is 1. The molecule has 28 heavy (non-hydrogen) atoms. The van der Waals surface area contributed by atoms with Crippen LogP contribution in [0.15, 0.2) is 47.3 Å². The predicted octanol–water partition coefficient (Wildman–Crippen LogP) is 1.66. The number of benzene rings is 2. The normalized spacial score (nSPS) is 11.1. The first-order valence-electron chi connectivity index (χ1n) is 8.66. The van der Waals surface area contributed by atoms with E-state index in [1.165, 1.54) is 17.7 Å². The van der Waals surface area contributed by atoms with Crippen LogP contribution in [0.4, 0.5) is 4.39 Å². The largest absolute Gasteiger partial charge is 0.494 e. The molecule has 0 unspecified atom stereocenters. The lowest BCUT2D eigenvalue weighted by atomic mass is 10.2. The van der Waals surface area contributed by atoms with Crippen molar-refractivity contribution in [1.82, 2.24) is 14.5 Å². The number of halogens is 1. The van der Waals surface area contributed by atoms with Crippen LogP contribution in [-0.2, 0) is 24.4 Å². The minimum Gasteiger partial charge on any atom is -0.494 e. The second kappa shape index (κ2) is 8.18. The third kappa shape index (κ3) is 4.17. The molecule has 1 heterocycles. The molecular formula is C20H21FN4O3. The molecule has 0 saturated heterocycles. The number of amides is 1. The minimum atomic E-state index is -0.625. The van der Waals surface area contributed by atoms with E-state index in [-0.39, 0.29) is 24.4 Å². The Labute approximate surface area is 161 Å². The summed E-state index contributed by atoms with van der Waals surface area (Å²) in [4.78, 5) is 30.6. The summed E-state index contributed by atoms with van der Waals surface area (Å²) in [5.74, 6) is -0.472. The van der Waals surface area contributed by atoms with Crippen molar-refractivity contribution in [2.75, 3.05) is 14.2 Å². The van der Waals surface area contributed by atoms with Gasteiger partial charge in [0.15, 0.2) is 11.6 Å². The van der Waals surface area contributed by atoms with Crippen molar-refractivity contribution in [2.45, 2.75) is 19.6 Å². The van der Waals surface area contributed by atoms with E-state index < -0.39 is 11.7 Å². The van der Waals surface area contributed by atoms with E-state index in [9.17, 15) is 14.0 Å². The Kier molecular flexibility index (Phi) is 5.70. The lowest BCUT2D eigenvalue weighted by molar-refractivity contribution is -0.118. The van der Waals surface area contributed by atoms with Gasteiger partial charge in [-0.15, -0.1) is 0 Å². The highest BCUT2D eigenvalue weighted by Gasteiger charge is 2.15. The Morgan fingerprint density at radius 1 is 1.25 bits per heavy atom. The number of nitrogens with two attached hydrogens (primary N) is 1. The number of hydrogen-bond acceptors (Lipinski definition) is 5. The van der Waals surface area contributed by atoms with E-state index in [4.69, 9.17) is 10.5 Å². The van der Waals surface area contributed by atoms with Crippen molar-refractivity contribution in [2.24, 2.45) is 5.73 Å². The molecule has 0 radical (unpaired) electrons. The Morgan fingerprint density at radius 3 is 2.68 bits per heavy atom. The monoisotopic (exact) mass is 384 g/mol. The van der Waals surface area contributed by atoms with Crippen LogP contribution in [0.3, 0.4) is 0 Å². The smallest absolute Gasteiger partial charge is 0.261 e. The zero-order valence-corrected chi connectivity index (χ0v) is 15.7. The number of carbonyl (C=O) groups is 1. The lowest BCUT2D eigenvalue weighted by Gasteiger charge is -2.19. The van der Waals surface area contributed by atoms with Crippen LogP contribution in [0.5, 0.6) is 5.75 Å². The molecule has 0 bridgehead atoms. The molecule has 0 spiro atoms. The molecule has 0 atom stereocenters. The van der Waals surface area contributed by atoms with Crippen LogP contribution < -0.4 is 16.0 Å². The number of nitrogens with zero attached hydrogens (tertiary/aromatic N) is 3. The molecule has 2 aromatic carbocycles. The number of ether oxygens (including phenoxy) is 1. The number of carbonyl (C=O) groups excluding carboxylic acids is 1. The van der Waals surface area contributed by atoms with Crippen LogP contribution in [0.2, 0.25) is 0 Å². The third-order valence-corrected chi connectivity index (χ3v) is 4.33. The van der Waals surface area contributed by atoms with Crippen LogP contribution in [0.25, 0.3) is 10.9 Å². The van der Waals surface area contributed by atoms with Gasteiger partial charge in [-0.1, -0.05) is 18.2 Å². The zero-order chi connectivity index (χ0) is 20.3. The van der Waals surface area contributed by atoms with Crippen LogP contribution in [0.1, 0.15) is 11.4 Å². The van der Waals surface area contributed by atoms with Crippen molar-refractivity contribution < 1.29 is 13.9 Å². The number of para-hydroxylation sites is 1. The first-order chi connectivity index (χ1) is 13.4. The van der Waals surface area contributed by atoms with E-state index >= 15 is 0 Å². The molecule has 3 aromatic rings. The molecule has 0 fully saturated rings. The summed E-state index contributed by atoms with van der Waals surface area (Å²) in [6.07, 6.45) is 0. The number of primary amides is 1. The van der Waals surface area contributed by atoms with E-state index in [1.54, 1.807) is 36.4 Å². The molecule has 146 valence electrons. The van der Waals surface area contributed by atoms with Gasteiger partial charge in [0, 0.05) is 6.54 Å². The molecule has 0 aliphatic carbocycles. The Balaban J connectivity index is 1.90. The average Bonchev–Trinajstić information content (AvgIpc) is 2.65. The van der Waals surface area contributed by atoms with Gasteiger partial charge >= 0.3 is 0 Å². The van der Waals surface area contributed by atoms with Crippen LogP contribution in [0, 0.1) is 5.82 Å². The van der Waals surface area contributed by atoms with E-state index in [1.807, 2.05) is 11.9 Å². The highest BCUT2D eigenvalue weighted by molar-refractivity contribution is 5.78. The molecular weight excluding hydrogens is 363 g/mol. The maximum atomic E-state index is 13.9. The van der Waals surface area contributed by atoms with Crippen molar-refractivity contribution in [3.8, 4) is 5.75 Å². The van der Waals surface area contributed by atoms with Gasteiger partial charge in [-0.05, 0) is 36.9 Å². The first-order valence-corrected chi connectivity index (χ1v) is 8.66. The van der Waals surface area contributed by atoms with E-state index in [0.29, 0.717) is 23.3 Å². The van der Waals surface area contributed by atoms with Gasteiger partial charge in [-0.3, -0.25) is 19.1 Å². The van der Waals surface area contributed by atoms with Gasteiger partial charge in [0.2, 0.25) is 5.91 Å². The van der Waals surface area contributed by atoms with Crippen LogP contribution >= 0.6 is 0 Å². The molecule has 1 aromatic heterocycles. The summed E-state index contributed by atoms with van der Waals surface area (Å²) in [6, 6.07) is 11.7. The van der Waals surface area contributed by atoms with Gasteiger partial charge in [0.05, 0.1) is 24.6 Å². The highest BCUT2D eigenvalue weighted by atomic mass is 19.1. The van der Waals surface area contributed by atoms with Gasteiger partial charge in [0.1, 0.15) is 12.4 Å². The quantitative estimate of drug-likeness (QED) is 0.669. The average molecular weight is 384 g/mol. The fourth-order valence-corrected chi connectivity index (χ4v) is 3.07. The second-order valence-electron chi connectivity index (χ2n) is 6.54. The van der Waals surface area contributed by atoms with Gasteiger partial charge < -0.3 is 10.5 Å². The van der Waals surface area contributed by atoms with Crippen molar-refractivity contribution in [3.05, 3.63) is 70.0 Å².